The molecule has 1 aromatic heterocycles. The number of alkyl halides is 2. The quantitative estimate of drug-likeness (QED) is 0.837. The Morgan fingerprint density at radius 1 is 1.29 bits per heavy atom. The first-order valence-electron chi connectivity index (χ1n) is 7.89. The second-order valence-electron chi connectivity index (χ2n) is 5.91. The van der Waals surface area contributed by atoms with E-state index in [4.69, 9.17) is 4.74 Å². The van der Waals surface area contributed by atoms with Gasteiger partial charge >= 0.3 is 6.61 Å². The Labute approximate surface area is 140 Å². The van der Waals surface area contributed by atoms with Crippen molar-refractivity contribution >= 4 is 0 Å². The van der Waals surface area contributed by atoms with Crippen LogP contribution in [-0.4, -0.2) is 36.2 Å². The highest BCUT2D eigenvalue weighted by Gasteiger charge is 2.22. The Bertz CT molecular complexity index is 664. The molecule has 1 aliphatic rings. The van der Waals surface area contributed by atoms with Crippen molar-refractivity contribution in [1.82, 2.24) is 9.88 Å². The van der Waals surface area contributed by atoms with Crippen LogP contribution in [0.25, 0.3) is 0 Å². The number of nitrogens with zero attached hydrogens (tertiary/aromatic N) is 2. The van der Waals surface area contributed by atoms with Gasteiger partial charge in [-0.2, -0.15) is 8.78 Å². The van der Waals surface area contributed by atoms with E-state index in [2.05, 4.69) is 20.7 Å². The predicted octanol–water partition coefficient (Wildman–Crippen LogP) is 3.56. The molecule has 0 unspecified atom stereocenters. The summed E-state index contributed by atoms with van der Waals surface area (Å²) < 4.78 is 34.6. The van der Waals surface area contributed by atoms with Gasteiger partial charge in [0.1, 0.15) is 5.75 Å². The van der Waals surface area contributed by atoms with Crippen LogP contribution < -0.4 is 4.74 Å². The first kappa shape index (κ1) is 16.8. The van der Waals surface area contributed by atoms with Crippen molar-refractivity contribution in [2.45, 2.75) is 26.2 Å². The summed E-state index contributed by atoms with van der Waals surface area (Å²) >= 11 is 0. The highest BCUT2D eigenvalue weighted by Crippen LogP contribution is 2.25. The number of pyridine rings is 1. The van der Waals surface area contributed by atoms with E-state index < -0.39 is 6.61 Å². The van der Waals surface area contributed by atoms with Crippen molar-refractivity contribution in [3.63, 3.8) is 0 Å². The summed E-state index contributed by atoms with van der Waals surface area (Å²) in [6.07, 6.45) is 3.65. The Balaban J connectivity index is 1.62. The third kappa shape index (κ3) is 4.49. The SMILES string of the molecule is Cc1cncc(CN2CCO[C@@H](c3ccc(OC(F)F)cc3)C2)c1. The average molecular weight is 334 g/mol. The van der Waals surface area contributed by atoms with E-state index in [0.717, 1.165) is 30.8 Å². The predicted molar refractivity (Wildman–Crippen MR) is 86.0 cm³/mol. The standard InChI is InChI=1S/C18H20F2N2O2/c1-13-8-14(10-21-9-13)11-22-6-7-23-17(12-22)15-2-4-16(5-3-15)24-18(19)20/h2-5,8-10,17-18H,6-7,11-12H2,1H3/t17-/m1/s1. The number of aryl methyl sites for hydroxylation is 1. The molecule has 6 heteroatoms. The molecule has 24 heavy (non-hydrogen) atoms. The largest absolute Gasteiger partial charge is 0.435 e. The molecule has 0 bridgehead atoms. The molecule has 0 N–H and O–H groups in total. The molecule has 0 aliphatic carbocycles. The van der Waals surface area contributed by atoms with Crippen LogP contribution in [-0.2, 0) is 11.3 Å². The summed E-state index contributed by atoms with van der Waals surface area (Å²) in [6.45, 7) is 2.29. The summed E-state index contributed by atoms with van der Waals surface area (Å²) in [5.41, 5.74) is 3.28. The maximum Gasteiger partial charge on any atom is 0.387 e. The van der Waals surface area contributed by atoms with E-state index >= 15 is 0 Å². The van der Waals surface area contributed by atoms with Gasteiger partial charge in [0.15, 0.2) is 0 Å². The van der Waals surface area contributed by atoms with Crippen LogP contribution >= 0.6 is 0 Å². The first-order chi connectivity index (χ1) is 11.6. The minimum absolute atomic E-state index is 0.0721. The molecule has 1 atom stereocenters. The third-order valence-corrected chi connectivity index (χ3v) is 3.97. The first-order valence-corrected chi connectivity index (χ1v) is 7.89. The van der Waals surface area contributed by atoms with Gasteiger partial charge in [-0.25, -0.2) is 0 Å². The number of hydrogen-bond acceptors (Lipinski definition) is 4. The second-order valence-corrected chi connectivity index (χ2v) is 5.91. The Kier molecular flexibility index (Phi) is 5.37. The van der Waals surface area contributed by atoms with Crippen LogP contribution in [0.4, 0.5) is 8.78 Å². The van der Waals surface area contributed by atoms with E-state index in [9.17, 15) is 8.78 Å². The monoisotopic (exact) mass is 334 g/mol. The topological polar surface area (TPSA) is 34.6 Å². The van der Waals surface area contributed by atoms with Gasteiger partial charge in [0, 0.05) is 32.0 Å². The molecular weight excluding hydrogens is 314 g/mol. The lowest BCUT2D eigenvalue weighted by Gasteiger charge is -2.33. The molecule has 1 aliphatic heterocycles. The molecule has 2 heterocycles. The number of halogens is 2. The summed E-state index contributed by atoms with van der Waals surface area (Å²) in [5, 5.41) is 0. The van der Waals surface area contributed by atoms with E-state index in [-0.39, 0.29) is 11.9 Å². The van der Waals surface area contributed by atoms with Gasteiger partial charge in [0.05, 0.1) is 12.7 Å². The highest BCUT2D eigenvalue weighted by atomic mass is 19.3. The Morgan fingerprint density at radius 2 is 2.08 bits per heavy atom. The fraction of sp³-hybridized carbons (Fsp3) is 0.389. The van der Waals surface area contributed by atoms with Crippen molar-refractivity contribution < 1.29 is 18.3 Å². The zero-order valence-electron chi connectivity index (χ0n) is 13.5. The molecule has 0 spiro atoms. The van der Waals surface area contributed by atoms with Crippen LogP contribution in [0, 0.1) is 6.92 Å². The summed E-state index contributed by atoms with van der Waals surface area (Å²) in [4.78, 5) is 6.54. The zero-order valence-corrected chi connectivity index (χ0v) is 13.5. The Hall–Kier alpha value is -2.05. The van der Waals surface area contributed by atoms with E-state index in [1.54, 1.807) is 24.3 Å². The molecule has 128 valence electrons. The number of rotatable bonds is 5. The molecule has 0 amide bonds. The van der Waals surface area contributed by atoms with Crippen molar-refractivity contribution in [1.29, 1.82) is 0 Å². The fourth-order valence-electron chi connectivity index (χ4n) is 2.87. The maximum atomic E-state index is 12.2. The smallest absolute Gasteiger partial charge is 0.387 e. The van der Waals surface area contributed by atoms with Crippen LogP contribution in [0.5, 0.6) is 5.75 Å². The lowest BCUT2D eigenvalue weighted by atomic mass is 10.1. The normalized spacial score (nSPS) is 18.8. The average Bonchev–Trinajstić information content (AvgIpc) is 2.55. The molecule has 1 aromatic carbocycles. The summed E-state index contributed by atoms with van der Waals surface area (Å²) in [5.74, 6) is 0.159. The summed E-state index contributed by atoms with van der Waals surface area (Å²) in [6, 6.07) is 8.79. The number of hydrogen-bond donors (Lipinski definition) is 0. The van der Waals surface area contributed by atoms with Crippen molar-refractivity contribution in [2.75, 3.05) is 19.7 Å². The molecule has 0 saturated carbocycles. The van der Waals surface area contributed by atoms with Gasteiger partial charge in [-0.05, 0) is 35.7 Å². The molecule has 3 rings (SSSR count). The van der Waals surface area contributed by atoms with Gasteiger partial charge in [-0.15, -0.1) is 0 Å². The van der Waals surface area contributed by atoms with E-state index in [0.29, 0.717) is 6.61 Å². The number of aromatic nitrogens is 1. The second kappa shape index (κ2) is 7.68. The number of morpholine rings is 1. The maximum absolute atomic E-state index is 12.2. The minimum Gasteiger partial charge on any atom is -0.435 e. The lowest BCUT2D eigenvalue weighted by Crippen LogP contribution is -2.37. The minimum atomic E-state index is -2.81. The van der Waals surface area contributed by atoms with Gasteiger partial charge < -0.3 is 9.47 Å². The van der Waals surface area contributed by atoms with Crippen molar-refractivity contribution in [2.24, 2.45) is 0 Å². The van der Waals surface area contributed by atoms with Crippen LogP contribution in [0.3, 0.4) is 0 Å². The van der Waals surface area contributed by atoms with Crippen molar-refractivity contribution in [3.05, 3.63) is 59.4 Å². The van der Waals surface area contributed by atoms with Crippen LogP contribution in [0.2, 0.25) is 0 Å². The van der Waals surface area contributed by atoms with Crippen LogP contribution in [0.1, 0.15) is 22.8 Å². The molecular formula is C18H20F2N2O2. The zero-order chi connectivity index (χ0) is 16.9. The Morgan fingerprint density at radius 3 is 2.79 bits per heavy atom. The fourth-order valence-corrected chi connectivity index (χ4v) is 2.87. The van der Waals surface area contributed by atoms with E-state index in [1.807, 2.05) is 19.3 Å². The lowest BCUT2D eigenvalue weighted by molar-refractivity contribution is -0.0500. The molecule has 1 saturated heterocycles. The van der Waals surface area contributed by atoms with Gasteiger partial charge in [0.25, 0.3) is 0 Å². The molecule has 0 radical (unpaired) electrons. The van der Waals surface area contributed by atoms with Crippen molar-refractivity contribution in [3.8, 4) is 5.75 Å². The number of ether oxygens (including phenoxy) is 2. The molecule has 1 fully saturated rings. The van der Waals surface area contributed by atoms with Crippen LogP contribution in [0.15, 0.2) is 42.7 Å². The molecule has 2 aromatic rings. The highest BCUT2D eigenvalue weighted by molar-refractivity contribution is 5.29. The van der Waals surface area contributed by atoms with E-state index in [1.165, 1.54) is 5.56 Å². The summed E-state index contributed by atoms with van der Waals surface area (Å²) in [7, 11) is 0. The van der Waals surface area contributed by atoms with Gasteiger partial charge in [-0.1, -0.05) is 18.2 Å². The number of benzene rings is 1. The van der Waals surface area contributed by atoms with Gasteiger partial charge in [0.2, 0.25) is 0 Å². The molecule has 4 nitrogen and oxygen atoms in total. The van der Waals surface area contributed by atoms with Gasteiger partial charge in [-0.3, -0.25) is 9.88 Å². The third-order valence-electron chi connectivity index (χ3n) is 3.97.